The number of carbonyl (C=O) groups excluding carboxylic acids is 2. The van der Waals surface area contributed by atoms with E-state index < -0.39 is 10.8 Å². The van der Waals surface area contributed by atoms with Crippen molar-refractivity contribution in [2.45, 2.75) is 32.5 Å². The van der Waals surface area contributed by atoms with Crippen molar-refractivity contribution in [1.82, 2.24) is 0 Å². The van der Waals surface area contributed by atoms with Crippen LogP contribution in [0.5, 0.6) is 0 Å². The molecule has 0 unspecified atom stereocenters. The Morgan fingerprint density at radius 1 is 0.833 bits per heavy atom. The van der Waals surface area contributed by atoms with Crippen LogP contribution in [0.15, 0.2) is 0 Å². The Morgan fingerprint density at radius 3 is 1.33 bits per heavy atom. The van der Waals surface area contributed by atoms with Gasteiger partial charge in [0.2, 0.25) is 0 Å². The zero-order valence-electron chi connectivity index (χ0n) is 10.2. The van der Waals surface area contributed by atoms with Crippen molar-refractivity contribution in [3.63, 3.8) is 0 Å². The largest absolute Gasteiger partial charge is 0.469 e. The molecule has 0 N–H and O–H groups in total. The second-order valence-corrected chi connectivity index (χ2v) is 9.92. The van der Waals surface area contributed by atoms with E-state index in [1.807, 2.05) is 0 Å². The Labute approximate surface area is 133 Å². The average molecular weight is 476 g/mol. The van der Waals surface area contributed by atoms with Gasteiger partial charge in [0.25, 0.3) is 0 Å². The van der Waals surface area contributed by atoms with Crippen molar-refractivity contribution in [3.05, 3.63) is 0 Å². The molecule has 0 amide bonds. The van der Waals surface area contributed by atoms with Gasteiger partial charge in [-0.15, -0.1) is 0 Å². The number of hydrogen-bond acceptors (Lipinski definition) is 4. The summed E-state index contributed by atoms with van der Waals surface area (Å²) < 4.78 is 10.1. The summed E-state index contributed by atoms with van der Waals surface area (Å²) in [5.74, 6) is -0.468. The van der Waals surface area contributed by atoms with Crippen LogP contribution < -0.4 is 0 Å². The Bertz CT molecular complexity index is 405. The molecule has 4 saturated carbocycles. The second kappa shape index (κ2) is 3.53. The average Bonchev–Trinajstić information content (AvgIpc) is 2.87. The van der Waals surface area contributed by atoms with E-state index in [4.69, 9.17) is 9.47 Å². The summed E-state index contributed by atoms with van der Waals surface area (Å²) >= 11 is 4.90. The van der Waals surface area contributed by atoms with Crippen LogP contribution in [-0.4, -0.2) is 33.0 Å². The van der Waals surface area contributed by atoms with E-state index in [9.17, 15) is 9.59 Å². The molecule has 0 aromatic carbocycles. The van der Waals surface area contributed by atoms with Gasteiger partial charge in [-0.3, -0.25) is 9.59 Å². The molecule has 0 radical (unpaired) electrons. The van der Waals surface area contributed by atoms with Gasteiger partial charge in [-0.2, -0.15) is 0 Å². The minimum Gasteiger partial charge on any atom is -0.469 e. The maximum atomic E-state index is 12.3. The van der Waals surface area contributed by atoms with Crippen LogP contribution >= 0.6 is 45.2 Å². The van der Waals surface area contributed by atoms with Crippen molar-refractivity contribution in [3.8, 4) is 0 Å². The van der Waals surface area contributed by atoms with Crippen LogP contribution in [0.3, 0.4) is 0 Å². The number of ether oxygens (including phenoxy) is 2. The summed E-state index contributed by atoms with van der Waals surface area (Å²) in [5.41, 5.74) is -1.31. The molecule has 4 bridgehead atoms. The number of rotatable bonds is 2. The van der Waals surface area contributed by atoms with E-state index >= 15 is 0 Å². The summed E-state index contributed by atoms with van der Waals surface area (Å²) in [5, 5.41) is 0. The predicted octanol–water partition coefficient (Wildman–Crippen LogP) is 2.25. The molecule has 4 aliphatic carbocycles. The number of alkyl halides is 2. The first-order chi connectivity index (χ1) is 8.29. The van der Waals surface area contributed by atoms with Gasteiger partial charge in [0.15, 0.2) is 0 Å². The summed E-state index contributed by atoms with van der Waals surface area (Å²) in [4.78, 5) is 24.6. The molecular weight excluding hydrogens is 462 g/mol. The second-order valence-electron chi connectivity index (χ2n) is 5.79. The molecule has 4 aliphatic rings. The Morgan fingerprint density at radius 2 is 1.11 bits per heavy atom. The highest BCUT2D eigenvalue weighted by Gasteiger charge is 2.88. The molecule has 18 heavy (non-hydrogen) atoms. The molecule has 4 rings (SSSR count). The molecule has 100 valence electrons. The summed E-state index contributed by atoms with van der Waals surface area (Å²) in [6.07, 6.45) is 2.97. The van der Waals surface area contributed by atoms with Gasteiger partial charge in [0, 0.05) is 6.84 Å². The number of methoxy groups -OCH3 is 2. The van der Waals surface area contributed by atoms with Crippen LogP contribution in [-0.2, 0) is 19.1 Å². The SMILES string of the molecule is COC(=O)C12CC3(I)CC1(C(=O)OC)CC3(I)C2. The first-order valence-corrected chi connectivity index (χ1v) is 8.00. The van der Waals surface area contributed by atoms with Gasteiger partial charge in [-0.05, 0) is 25.7 Å². The van der Waals surface area contributed by atoms with Gasteiger partial charge in [0.1, 0.15) is 0 Å². The molecule has 0 saturated heterocycles. The fourth-order valence-corrected chi connectivity index (χ4v) is 7.91. The number of hydrogen-bond donors (Lipinski definition) is 0. The van der Waals surface area contributed by atoms with Gasteiger partial charge >= 0.3 is 11.9 Å². The number of esters is 2. The lowest BCUT2D eigenvalue weighted by Crippen LogP contribution is -2.46. The molecule has 0 atom stereocenters. The molecule has 0 heterocycles. The lowest BCUT2D eigenvalue weighted by molar-refractivity contribution is -0.172. The predicted molar refractivity (Wildman–Crippen MR) is 80.9 cm³/mol. The molecule has 0 spiro atoms. The number of carbonyl (C=O) groups is 2. The van der Waals surface area contributed by atoms with E-state index in [0.717, 1.165) is 25.7 Å². The first kappa shape index (κ1) is 13.4. The first-order valence-electron chi connectivity index (χ1n) is 5.84. The summed E-state index contributed by atoms with van der Waals surface area (Å²) in [6, 6.07) is 0. The van der Waals surface area contributed by atoms with Gasteiger partial charge in [-0.25, -0.2) is 0 Å². The molecule has 0 aromatic rings. The van der Waals surface area contributed by atoms with E-state index in [2.05, 4.69) is 45.2 Å². The van der Waals surface area contributed by atoms with Crippen LogP contribution in [0.25, 0.3) is 0 Å². The lowest BCUT2D eigenvalue weighted by Gasteiger charge is -2.35. The highest BCUT2D eigenvalue weighted by atomic mass is 127. The molecular formula is C12H14I2O4. The molecule has 6 heteroatoms. The smallest absolute Gasteiger partial charge is 0.313 e. The topological polar surface area (TPSA) is 52.6 Å². The van der Waals surface area contributed by atoms with Crippen LogP contribution in [0, 0.1) is 10.8 Å². The van der Waals surface area contributed by atoms with E-state index in [1.54, 1.807) is 0 Å². The van der Waals surface area contributed by atoms with Crippen molar-refractivity contribution >= 4 is 57.1 Å². The van der Waals surface area contributed by atoms with Gasteiger partial charge < -0.3 is 9.47 Å². The van der Waals surface area contributed by atoms with Crippen molar-refractivity contribution in [2.24, 2.45) is 10.8 Å². The number of halogens is 2. The minimum atomic E-state index is -0.656. The normalized spacial score (nSPS) is 51.8. The van der Waals surface area contributed by atoms with Crippen molar-refractivity contribution < 1.29 is 19.1 Å². The highest BCUT2D eigenvalue weighted by molar-refractivity contribution is 14.1. The third kappa shape index (κ3) is 1.14. The zero-order chi connectivity index (χ0) is 13.4. The molecule has 4 nitrogen and oxygen atoms in total. The Balaban J connectivity index is 2.17. The summed E-state index contributed by atoms with van der Waals surface area (Å²) in [6.45, 7) is 0. The van der Waals surface area contributed by atoms with E-state index in [0.29, 0.717) is 0 Å². The Hall–Kier alpha value is 0.400. The van der Waals surface area contributed by atoms with Crippen LogP contribution in [0.2, 0.25) is 0 Å². The van der Waals surface area contributed by atoms with Crippen molar-refractivity contribution in [1.29, 1.82) is 0 Å². The Kier molecular flexibility index (Phi) is 2.63. The zero-order valence-corrected chi connectivity index (χ0v) is 14.5. The van der Waals surface area contributed by atoms with Crippen LogP contribution in [0.1, 0.15) is 25.7 Å². The fourth-order valence-electron chi connectivity index (χ4n) is 4.54. The van der Waals surface area contributed by atoms with Crippen molar-refractivity contribution in [2.75, 3.05) is 14.2 Å². The minimum absolute atomic E-state index is 0.0215. The molecule has 4 fully saturated rings. The standard InChI is InChI=1S/C12H14I2O4/c1-17-7(15)9-3-11(13)5-10(9,8(16)18-2)6-12(11,14)4-9/h3-6H2,1-2H3. The van der Waals surface area contributed by atoms with E-state index in [1.165, 1.54) is 14.2 Å². The van der Waals surface area contributed by atoms with E-state index in [-0.39, 0.29) is 18.8 Å². The maximum Gasteiger partial charge on any atom is 0.313 e. The maximum absolute atomic E-state index is 12.3. The fraction of sp³-hybridized carbons (Fsp3) is 0.833. The summed E-state index contributed by atoms with van der Waals surface area (Å²) in [7, 11) is 2.82. The van der Waals surface area contributed by atoms with Crippen LogP contribution in [0.4, 0.5) is 0 Å². The highest BCUT2D eigenvalue weighted by Crippen LogP contribution is 2.84. The lowest BCUT2D eigenvalue weighted by atomic mass is 9.68. The third-order valence-corrected chi connectivity index (χ3v) is 9.82. The monoisotopic (exact) mass is 476 g/mol. The van der Waals surface area contributed by atoms with Gasteiger partial charge in [0.05, 0.1) is 25.0 Å². The quantitative estimate of drug-likeness (QED) is 0.349. The third-order valence-electron chi connectivity index (χ3n) is 5.20. The molecule has 0 aliphatic heterocycles. The van der Waals surface area contributed by atoms with Gasteiger partial charge in [-0.1, -0.05) is 45.2 Å². The molecule has 0 aromatic heterocycles.